The number of rotatable bonds is 8. The monoisotopic (exact) mass is 419 g/mol. The van der Waals surface area contributed by atoms with Crippen LogP contribution < -0.4 is 5.32 Å². The van der Waals surface area contributed by atoms with Crippen LogP contribution in [0.1, 0.15) is 61.2 Å². The molecule has 4 rings (SSSR count). The Morgan fingerprint density at radius 2 is 1.94 bits per heavy atom. The van der Waals surface area contributed by atoms with Crippen LogP contribution in [0.3, 0.4) is 0 Å². The van der Waals surface area contributed by atoms with E-state index >= 15 is 0 Å². The maximum Gasteiger partial charge on any atom is 0.224 e. The Morgan fingerprint density at radius 1 is 1.13 bits per heavy atom. The number of benzene rings is 1. The molecule has 0 unspecified atom stereocenters. The number of hydrogen-bond donors (Lipinski definition) is 1. The van der Waals surface area contributed by atoms with Gasteiger partial charge < -0.3 is 5.32 Å². The van der Waals surface area contributed by atoms with Crippen LogP contribution in [0.5, 0.6) is 0 Å². The summed E-state index contributed by atoms with van der Waals surface area (Å²) in [5.41, 5.74) is 4.83. The van der Waals surface area contributed by atoms with E-state index in [2.05, 4.69) is 22.3 Å². The van der Waals surface area contributed by atoms with Crippen LogP contribution in [0, 0.1) is 5.92 Å². The van der Waals surface area contributed by atoms with Crippen LogP contribution >= 0.6 is 0 Å². The summed E-state index contributed by atoms with van der Waals surface area (Å²) < 4.78 is 0. The number of pyridine rings is 1. The molecule has 31 heavy (non-hydrogen) atoms. The Hall–Kier alpha value is -2.53. The minimum absolute atomic E-state index is 0.0487. The lowest BCUT2D eigenvalue weighted by molar-refractivity contribution is -0.126. The van der Waals surface area contributed by atoms with Crippen molar-refractivity contribution in [3.8, 4) is 0 Å². The maximum atomic E-state index is 12.7. The number of hydrogen-bond acceptors (Lipinski definition) is 4. The number of Topliss-reactive ketones (excluding diaryl/α,β-unsaturated/α-hetero) is 1. The number of aromatic nitrogens is 1. The Morgan fingerprint density at radius 3 is 2.74 bits per heavy atom. The molecular weight excluding hydrogens is 386 g/mol. The predicted molar refractivity (Wildman–Crippen MR) is 122 cm³/mol. The molecule has 1 aromatic carbocycles. The van der Waals surface area contributed by atoms with Crippen LogP contribution in [0.4, 0.5) is 0 Å². The zero-order valence-corrected chi connectivity index (χ0v) is 18.5. The zero-order chi connectivity index (χ0) is 21.6. The molecule has 1 saturated heterocycles. The highest BCUT2D eigenvalue weighted by Crippen LogP contribution is 2.28. The number of nitrogens with zero attached hydrogens (tertiary/aromatic N) is 2. The summed E-state index contributed by atoms with van der Waals surface area (Å²) in [5, 5.41) is 3.11. The largest absolute Gasteiger partial charge is 0.356 e. The molecule has 2 atom stereocenters. The van der Waals surface area contributed by atoms with Gasteiger partial charge in [0.1, 0.15) is 0 Å². The van der Waals surface area contributed by atoms with Gasteiger partial charge in [0.05, 0.1) is 12.0 Å². The molecular formula is C26H33N3O2. The quantitative estimate of drug-likeness (QED) is 0.664. The molecule has 1 fully saturated rings. The Kier molecular flexibility index (Phi) is 7.13. The van der Waals surface area contributed by atoms with Gasteiger partial charge in [0.25, 0.3) is 0 Å². The normalized spacial score (nSPS) is 19.6. The lowest BCUT2D eigenvalue weighted by Gasteiger charge is -2.26. The first kappa shape index (κ1) is 21.7. The van der Waals surface area contributed by atoms with Gasteiger partial charge in [0, 0.05) is 31.0 Å². The predicted octanol–water partition coefficient (Wildman–Crippen LogP) is 3.66. The fourth-order valence-electron chi connectivity index (χ4n) is 4.97. The first-order valence-electron chi connectivity index (χ1n) is 11.7. The molecule has 2 aliphatic rings. The Bertz CT molecular complexity index is 912. The summed E-state index contributed by atoms with van der Waals surface area (Å²) in [6, 6.07) is 14.0. The van der Waals surface area contributed by atoms with E-state index in [-0.39, 0.29) is 23.7 Å². The summed E-state index contributed by atoms with van der Waals surface area (Å²) in [6.07, 6.45) is 7.37. The van der Waals surface area contributed by atoms with Crippen molar-refractivity contribution in [2.75, 3.05) is 19.6 Å². The maximum absolute atomic E-state index is 12.7. The van der Waals surface area contributed by atoms with Gasteiger partial charge >= 0.3 is 0 Å². The number of fused-ring (bicyclic) bond motifs is 1. The third-order valence-corrected chi connectivity index (χ3v) is 6.60. The van der Waals surface area contributed by atoms with Crippen molar-refractivity contribution in [3.05, 3.63) is 65.0 Å². The second kappa shape index (κ2) is 10.2. The van der Waals surface area contributed by atoms with Crippen molar-refractivity contribution < 1.29 is 9.59 Å². The SMILES string of the molecule is CC(=O)[C@@H](c1ccccc1)N1CC[C@@H](C(=O)NCCCc2ccc3c(n2)CCCC3)C1. The zero-order valence-electron chi connectivity index (χ0n) is 18.5. The van der Waals surface area contributed by atoms with Crippen LogP contribution in [0.2, 0.25) is 0 Å². The van der Waals surface area contributed by atoms with E-state index in [1.165, 1.54) is 24.1 Å². The van der Waals surface area contributed by atoms with E-state index in [1.54, 1.807) is 6.92 Å². The third kappa shape index (κ3) is 5.40. The van der Waals surface area contributed by atoms with E-state index in [0.717, 1.165) is 49.9 Å². The summed E-state index contributed by atoms with van der Waals surface area (Å²) in [7, 11) is 0. The molecule has 5 heteroatoms. The summed E-state index contributed by atoms with van der Waals surface area (Å²) in [4.78, 5) is 32.0. The van der Waals surface area contributed by atoms with E-state index in [9.17, 15) is 9.59 Å². The Labute approximate surface area is 185 Å². The first-order valence-corrected chi connectivity index (χ1v) is 11.7. The van der Waals surface area contributed by atoms with Gasteiger partial charge in [-0.25, -0.2) is 0 Å². The molecule has 0 bridgehead atoms. The van der Waals surface area contributed by atoms with Crippen molar-refractivity contribution in [1.29, 1.82) is 0 Å². The number of likely N-dealkylation sites (tertiary alicyclic amines) is 1. The molecule has 0 saturated carbocycles. The average molecular weight is 420 g/mol. The molecule has 2 aromatic rings. The van der Waals surface area contributed by atoms with E-state index in [4.69, 9.17) is 4.98 Å². The van der Waals surface area contributed by atoms with Gasteiger partial charge in [-0.2, -0.15) is 0 Å². The van der Waals surface area contributed by atoms with Gasteiger partial charge in [0.2, 0.25) is 5.91 Å². The summed E-state index contributed by atoms with van der Waals surface area (Å²) >= 11 is 0. The average Bonchev–Trinajstić information content (AvgIpc) is 3.27. The molecule has 164 valence electrons. The molecule has 0 radical (unpaired) electrons. The van der Waals surface area contributed by atoms with Crippen LogP contribution in [-0.4, -0.2) is 41.2 Å². The number of nitrogens with one attached hydrogen (secondary N) is 1. The second-order valence-corrected chi connectivity index (χ2v) is 8.91. The highest BCUT2D eigenvalue weighted by Gasteiger charge is 2.34. The first-order chi connectivity index (χ1) is 15.1. The standard InChI is InChI=1S/C26H33N3O2/c1-19(30)25(21-9-3-2-4-10-21)29-17-15-22(18-29)26(31)27-16-7-11-23-14-13-20-8-5-6-12-24(20)28-23/h2-4,9-10,13-14,22,25H,5-8,11-12,15-18H2,1H3,(H,27,31)/t22-,25+/m1/s1. The van der Waals surface area contributed by atoms with Crippen LogP contribution in [0.25, 0.3) is 0 Å². The molecule has 0 spiro atoms. The Balaban J connectivity index is 1.24. The molecule has 1 aromatic heterocycles. The molecule has 1 amide bonds. The summed E-state index contributed by atoms with van der Waals surface area (Å²) in [5.74, 6) is 0.188. The topological polar surface area (TPSA) is 62.3 Å². The lowest BCUT2D eigenvalue weighted by Crippen LogP contribution is -2.36. The van der Waals surface area contributed by atoms with Crippen LogP contribution in [0.15, 0.2) is 42.5 Å². The number of ketones is 1. The molecule has 5 nitrogen and oxygen atoms in total. The number of aryl methyl sites for hydroxylation is 3. The van der Waals surface area contributed by atoms with Gasteiger partial charge in [-0.1, -0.05) is 36.4 Å². The molecule has 1 N–H and O–H groups in total. The molecule has 1 aliphatic heterocycles. The number of amides is 1. The fraction of sp³-hybridized carbons (Fsp3) is 0.500. The minimum Gasteiger partial charge on any atom is -0.356 e. The van der Waals surface area contributed by atoms with Gasteiger partial charge in [-0.15, -0.1) is 0 Å². The van der Waals surface area contributed by atoms with E-state index < -0.39 is 0 Å². The van der Waals surface area contributed by atoms with E-state index in [0.29, 0.717) is 13.1 Å². The lowest BCUT2D eigenvalue weighted by atomic mass is 9.95. The van der Waals surface area contributed by atoms with Gasteiger partial charge in [-0.3, -0.25) is 19.5 Å². The highest BCUT2D eigenvalue weighted by molar-refractivity contribution is 5.83. The van der Waals surface area contributed by atoms with Gasteiger partial charge in [-0.05, 0) is 69.1 Å². The van der Waals surface area contributed by atoms with Crippen molar-refractivity contribution in [1.82, 2.24) is 15.2 Å². The summed E-state index contributed by atoms with van der Waals surface area (Å²) in [6.45, 7) is 3.72. The van der Waals surface area contributed by atoms with Crippen molar-refractivity contribution in [2.24, 2.45) is 5.92 Å². The van der Waals surface area contributed by atoms with Crippen molar-refractivity contribution >= 4 is 11.7 Å². The minimum atomic E-state index is -0.255. The number of carbonyl (C=O) groups is 2. The van der Waals surface area contributed by atoms with Gasteiger partial charge in [0.15, 0.2) is 5.78 Å². The highest BCUT2D eigenvalue weighted by atomic mass is 16.2. The fourth-order valence-corrected chi connectivity index (χ4v) is 4.97. The molecule has 2 heterocycles. The van der Waals surface area contributed by atoms with Crippen molar-refractivity contribution in [2.45, 2.75) is 57.9 Å². The second-order valence-electron chi connectivity index (χ2n) is 8.91. The number of carbonyl (C=O) groups excluding carboxylic acids is 2. The smallest absolute Gasteiger partial charge is 0.224 e. The molecule has 1 aliphatic carbocycles. The van der Waals surface area contributed by atoms with Crippen LogP contribution in [-0.2, 0) is 28.9 Å². The third-order valence-electron chi connectivity index (χ3n) is 6.60. The van der Waals surface area contributed by atoms with E-state index in [1.807, 2.05) is 30.3 Å². The van der Waals surface area contributed by atoms with Crippen molar-refractivity contribution in [3.63, 3.8) is 0 Å².